The lowest BCUT2D eigenvalue weighted by Crippen LogP contribution is -2.13. The Morgan fingerprint density at radius 1 is 0.957 bits per heavy atom. The third-order valence-corrected chi connectivity index (χ3v) is 3.63. The van der Waals surface area contributed by atoms with Crippen LogP contribution in [0.4, 0.5) is 11.4 Å². The number of hydrogen-bond acceptors (Lipinski definition) is 3. The number of nitrogens with two attached hydrogens (primary N) is 1. The lowest BCUT2D eigenvalue weighted by Gasteiger charge is -2.11. The predicted octanol–water partition coefficient (Wildman–Crippen LogP) is 3.89. The summed E-state index contributed by atoms with van der Waals surface area (Å²) in [7, 11) is 0. The largest absolute Gasteiger partial charge is 0.397 e. The van der Waals surface area contributed by atoms with E-state index in [4.69, 9.17) is 5.73 Å². The number of nitrogen functional groups attached to an aromatic ring is 1. The van der Waals surface area contributed by atoms with Gasteiger partial charge >= 0.3 is 0 Å². The first-order valence-electron chi connectivity index (χ1n) is 7.31. The number of hydrogen-bond donors (Lipinski definition) is 2. The van der Waals surface area contributed by atoms with Crippen molar-refractivity contribution < 1.29 is 4.79 Å². The van der Waals surface area contributed by atoms with Crippen LogP contribution in [0.5, 0.6) is 0 Å². The van der Waals surface area contributed by atoms with E-state index in [-0.39, 0.29) is 5.91 Å². The van der Waals surface area contributed by atoms with Crippen LogP contribution in [-0.2, 0) is 0 Å². The first-order valence-corrected chi connectivity index (χ1v) is 7.31. The normalized spacial score (nSPS) is 10.3. The topological polar surface area (TPSA) is 68.0 Å². The number of nitrogens with one attached hydrogen (secondary N) is 1. The molecule has 0 radical (unpaired) electrons. The summed E-state index contributed by atoms with van der Waals surface area (Å²) in [6, 6.07) is 16.8. The maximum Gasteiger partial charge on any atom is 0.255 e. The number of aryl methyl sites for hydroxylation is 1. The fraction of sp³-hybridized carbons (Fsp3) is 0.0526. The highest BCUT2D eigenvalue weighted by Crippen LogP contribution is 2.27. The van der Waals surface area contributed by atoms with Crippen LogP contribution in [0, 0.1) is 6.92 Å². The molecule has 3 aromatic rings. The average molecular weight is 303 g/mol. The number of rotatable bonds is 3. The van der Waals surface area contributed by atoms with Crippen molar-refractivity contribution in [3.8, 4) is 11.1 Å². The molecule has 1 amide bonds. The predicted molar refractivity (Wildman–Crippen MR) is 93.2 cm³/mol. The smallest absolute Gasteiger partial charge is 0.255 e. The van der Waals surface area contributed by atoms with Gasteiger partial charge in [0.25, 0.3) is 5.91 Å². The molecule has 0 aliphatic rings. The Hall–Kier alpha value is -3.14. The molecule has 0 bridgehead atoms. The van der Waals surface area contributed by atoms with Gasteiger partial charge in [-0.25, -0.2) is 0 Å². The fourth-order valence-electron chi connectivity index (χ4n) is 2.29. The number of anilines is 2. The lowest BCUT2D eigenvalue weighted by atomic mass is 10.1. The molecule has 2 aromatic carbocycles. The van der Waals surface area contributed by atoms with Gasteiger partial charge in [0.2, 0.25) is 0 Å². The van der Waals surface area contributed by atoms with Crippen LogP contribution in [0.1, 0.15) is 15.9 Å². The number of pyridine rings is 1. The summed E-state index contributed by atoms with van der Waals surface area (Å²) in [5, 5.41) is 2.88. The van der Waals surface area contributed by atoms with Crippen molar-refractivity contribution in [1.29, 1.82) is 0 Å². The molecule has 0 aliphatic carbocycles. The van der Waals surface area contributed by atoms with E-state index >= 15 is 0 Å². The van der Waals surface area contributed by atoms with Crippen molar-refractivity contribution in [2.45, 2.75) is 6.92 Å². The average Bonchev–Trinajstić information content (AvgIpc) is 2.58. The van der Waals surface area contributed by atoms with Gasteiger partial charge in [-0.2, -0.15) is 0 Å². The van der Waals surface area contributed by atoms with Gasteiger partial charge in [0, 0.05) is 18.0 Å². The highest BCUT2D eigenvalue weighted by Gasteiger charge is 2.09. The molecule has 3 rings (SSSR count). The summed E-state index contributed by atoms with van der Waals surface area (Å²) in [5.41, 5.74) is 10.8. The second-order valence-corrected chi connectivity index (χ2v) is 5.36. The van der Waals surface area contributed by atoms with E-state index in [1.54, 1.807) is 30.6 Å². The zero-order valence-corrected chi connectivity index (χ0v) is 12.8. The molecule has 1 aromatic heterocycles. The van der Waals surface area contributed by atoms with Gasteiger partial charge in [0.05, 0.1) is 11.4 Å². The number of amides is 1. The molecule has 0 atom stereocenters. The van der Waals surface area contributed by atoms with E-state index in [1.807, 2.05) is 43.3 Å². The minimum atomic E-state index is -0.177. The van der Waals surface area contributed by atoms with Gasteiger partial charge in [0.15, 0.2) is 0 Å². The number of nitrogens with zero attached hydrogens (tertiary/aromatic N) is 1. The van der Waals surface area contributed by atoms with E-state index in [2.05, 4.69) is 10.3 Å². The quantitative estimate of drug-likeness (QED) is 0.721. The maximum atomic E-state index is 12.3. The van der Waals surface area contributed by atoms with Gasteiger partial charge in [-0.05, 0) is 54.4 Å². The molecule has 0 unspecified atom stereocenters. The Labute approximate surface area is 135 Å². The van der Waals surface area contributed by atoms with Crippen molar-refractivity contribution in [2.24, 2.45) is 0 Å². The second-order valence-electron chi connectivity index (χ2n) is 5.36. The van der Waals surface area contributed by atoms with E-state index in [1.165, 1.54) is 0 Å². The van der Waals surface area contributed by atoms with E-state index < -0.39 is 0 Å². The Bertz CT molecular complexity index is 827. The molecular formula is C19H17N3O. The molecular weight excluding hydrogens is 286 g/mol. The Kier molecular flexibility index (Phi) is 4.06. The Balaban J connectivity index is 1.88. The number of aromatic nitrogens is 1. The second kappa shape index (κ2) is 6.32. The van der Waals surface area contributed by atoms with Crippen molar-refractivity contribution in [3.63, 3.8) is 0 Å². The minimum absolute atomic E-state index is 0.177. The van der Waals surface area contributed by atoms with E-state index in [0.29, 0.717) is 16.9 Å². The lowest BCUT2D eigenvalue weighted by molar-refractivity contribution is 0.102. The monoisotopic (exact) mass is 303 g/mol. The van der Waals surface area contributed by atoms with Crippen molar-refractivity contribution in [1.82, 2.24) is 4.98 Å². The van der Waals surface area contributed by atoms with Crippen LogP contribution in [0.25, 0.3) is 11.1 Å². The molecule has 4 heteroatoms. The van der Waals surface area contributed by atoms with Gasteiger partial charge in [-0.15, -0.1) is 0 Å². The van der Waals surface area contributed by atoms with Crippen molar-refractivity contribution in [2.75, 3.05) is 11.1 Å². The van der Waals surface area contributed by atoms with Crippen LogP contribution in [-0.4, -0.2) is 10.9 Å². The summed E-state index contributed by atoms with van der Waals surface area (Å²) < 4.78 is 0. The Morgan fingerprint density at radius 2 is 1.65 bits per heavy atom. The van der Waals surface area contributed by atoms with Gasteiger partial charge in [-0.1, -0.05) is 23.8 Å². The zero-order chi connectivity index (χ0) is 16.2. The van der Waals surface area contributed by atoms with Crippen LogP contribution < -0.4 is 11.1 Å². The first-order chi connectivity index (χ1) is 11.1. The van der Waals surface area contributed by atoms with Crippen LogP contribution >= 0.6 is 0 Å². The van der Waals surface area contributed by atoms with Gasteiger partial charge < -0.3 is 11.1 Å². The molecule has 0 saturated heterocycles. The maximum absolute atomic E-state index is 12.3. The SMILES string of the molecule is Cc1ccc(C(=O)Nc2cc(-c3ccncc3)ccc2N)cc1. The number of benzene rings is 2. The third-order valence-electron chi connectivity index (χ3n) is 3.63. The van der Waals surface area contributed by atoms with Gasteiger partial charge in [-0.3, -0.25) is 9.78 Å². The highest BCUT2D eigenvalue weighted by atomic mass is 16.1. The molecule has 23 heavy (non-hydrogen) atoms. The third kappa shape index (κ3) is 3.37. The highest BCUT2D eigenvalue weighted by molar-refractivity contribution is 6.06. The summed E-state index contributed by atoms with van der Waals surface area (Å²) in [6.07, 6.45) is 3.46. The summed E-state index contributed by atoms with van der Waals surface area (Å²) in [4.78, 5) is 16.4. The molecule has 4 nitrogen and oxygen atoms in total. The molecule has 0 saturated carbocycles. The van der Waals surface area contributed by atoms with E-state index in [0.717, 1.165) is 16.7 Å². The molecule has 0 aliphatic heterocycles. The molecule has 3 N–H and O–H groups in total. The zero-order valence-electron chi connectivity index (χ0n) is 12.8. The van der Waals surface area contributed by atoms with Crippen molar-refractivity contribution >= 4 is 17.3 Å². The molecule has 0 spiro atoms. The number of carbonyl (C=O) groups is 1. The van der Waals surface area contributed by atoms with Crippen LogP contribution in [0.2, 0.25) is 0 Å². The minimum Gasteiger partial charge on any atom is -0.397 e. The van der Waals surface area contributed by atoms with Crippen LogP contribution in [0.15, 0.2) is 67.0 Å². The Morgan fingerprint density at radius 3 is 2.35 bits per heavy atom. The molecule has 0 fully saturated rings. The summed E-state index contributed by atoms with van der Waals surface area (Å²) in [6.45, 7) is 1.98. The molecule has 1 heterocycles. The standard InChI is InChI=1S/C19H17N3O/c1-13-2-4-15(5-3-13)19(23)22-18-12-16(6-7-17(18)20)14-8-10-21-11-9-14/h2-12H,20H2,1H3,(H,22,23). The van der Waals surface area contributed by atoms with Crippen LogP contribution in [0.3, 0.4) is 0 Å². The summed E-state index contributed by atoms with van der Waals surface area (Å²) >= 11 is 0. The first kappa shape index (κ1) is 14.8. The van der Waals surface area contributed by atoms with Gasteiger partial charge in [0.1, 0.15) is 0 Å². The van der Waals surface area contributed by atoms with E-state index in [9.17, 15) is 4.79 Å². The fourth-order valence-corrected chi connectivity index (χ4v) is 2.29. The molecule has 114 valence electrons. The number of carbonyl (C=O) groups excluding carboxylic acids is 1. The van der Waals surface area contributed by atoms with Crippen molar-refractivity contribution in [3.05, 3.63) is 78.1 Å². The summed E-state index contributed by atoms with van der Waals surface area (Å²) in [5.74, 6) is -0.177.